The van der Waals surface area contributed by atoms with E-state index in [9.17, 15) is 0 Å². The van der Waals surface area contributed by atoms with Gasteiger partial charge in [0.05, 0.1) is 37.9 Å². The van der Waals surface area contributed by atoms with Gasteiger partial charge in [-0.15, -0.1) is 0 Å². The van der Waals surface area contributed by atoms with Gasteiger partial charge >= 0.3 is 0 Å². The summed E-state index contributed by atoms with van der Waals surface area (Å²) in [6, 6.07) is 0. The fraction of sp³-hybridized carbons (Fsp3) is 0.909. The molecule has 2 N–H and O–H groups in total. The van der Waals surface area contributed by atoms with E-state index in [4.69, 9.17) is 19.9 Å². The molecule has 4 rings (SSSR count). The van der Waals surface area contributed by atoms with Crippen LogP contribution >= 0.6 is 0 Å². The third-order valence-corrected chi connectivity index (χ3v) is 6.82. The Morgan fingerprint density at radius 2 is 0.781 bits per heavy atom. The molecule has 0 aromatic heterocycles. The molecule has 32 heavy (non-hydrogen) atoms. The maximum Gasteiger partial charge on any atom is 0.0596 e. The Bertz CT molecular complexity index is 509. The summed E-state index contributed by atoms with van der Waals surface area (Å²) in [4.78, 5) is 9.81. The number of piperidine rings is 2. The largest absolute Gasteiger partial charge is 0.411 e. The van der Waals surface area contributed by atoms with Crippen molar-refractivity contribution in [2.75, 3.05) is 105 Å². The standard InChI is InChI=1S/2C11H21N3O2/c2*15-12-11-1-3-13(4-2-11)5-6-14-7-9-16-10-8-14/h2*15H,1-10H2. The summed E-state index contributed by atoms with van der Waals surface area (Å²) in [6.45, 7) is 16.4. The van der Waals surface area contributed by atoms with Crippen molar-refractivity contribution in [2.45, 2.75) is 25.7 Å². The van der Waals surface area contributed by atoms with E-state index in [1.165, 1.54) is 0 Å². The molecule has 0 bridgehead atoms. The molecular formula is C22H42N6O4. The van der Waals surface area contributed by atoms with Gasteiger partial charge in [-0.1, -0.05) is 10.3 Å². The van der Waals surface area contributed by atoms with Crippen LogP contribution < -0.4 is 0 Å². The van der Waals surface area contributed by atoms with Crippen LogP contribution in [0.15, 0.2) is 10.3 Å². The van der Waals surface area contributed by atoms with Gasteiger partial charge in [0.2, 0.25) is 0 Å². The number of ether oxygens (including phenoxy) is 2. The number of rotatable bonds is 6. The highest BCUT2D eigenvalue weighted by atomic mass is 16.5. The molecule has 0 saturated carbocycles. The number of hydrogen-bond acceptors (Lipinski definition) is 10. The molecule has 4 saturated heterocycles. The zero-order valence-electron chi connectivity index (χ0n) is 19.5. The predicted octanol–water partition coefficient (Wildman–Crippen LogP) is 0.489. The van der Waals surface area contributed by atoms with Gasteiger partial charge in [0.15, 0.2) is 0 Å². The quantitative estimate of drug-likeness (QED) is 0.442. The minimum absolute atomic E-state index is 0.876. The van der Waals surface area contributed by atoms with Crippen LogP contribution in [-0.4, -0.2) is 146 Å². The van der Waals surface area contributed by atoms with Crippen molar-refractivity contribution >= 4 is 11.4 Å². The first kappa shape index (κ1) is 25.3. The summed E-state index contributed by atoms with van der Waals surface area (Å²) in [5.41, 5.74) is 1.89. The molecule has 0 aromatic rings. The molecule has 0 atom stereocenters. The fourth-order valence-corrected chi connectivity index (χ4v) is 4.48. The Morgan fingerprint density at radius 3 is 1.06 bits per heavy atom. The van der Waals surface area contributed by atoms with Gasteiger partial charge in [-0.25, -0.2) is 0 Å². The van der Waals surface area contributed by atoms with Crippen LogP contribution in [0.2, 0.25) is 0 Å². The van der Waals surface area contributed by atoms with Gasteiger partial charge in [-0.3, -0.25) is 9.80 Å². The Kier molecular flexibility index (Phi) is 11.7. The van der Waals surface area contributed by atoms with E-state index in [0.717, 1.165) is 142 Å². The zero-order valence-corrected chi connectivity index (χ0v) is 19.5. The lowest BCUT2D eigenvalue weighted by atomic mass is 10.1. The molecule has 4 aliphatic rings. The van der Waals surface area contributed by atoms with Gasteiger partial charge in [-0.05, 0) is 0 Å². The van der Waals surface area contributed by atoms with Gasteiger partial charge in [-0.2, -0.15) is 0 Å². The van der Waals surface area contributed by atoms with Crippen molar-refractivity contribution in [1.82, 2.24) is 19.6 Å². The van der Waals surface area contributed by atoms with Gasteiger partial charge < -0.3 is 29.7 Å². The molecule has 4 fully saturated rings. The Labute approximate surface area is 192 Å². The maximum absolute atomic E-state index is 8.66. The molecule has 0 spiro atoms. The van der Waals surface area contributed by atoms with Crippen LogP contribution in [0.4, 0.5) is 0 Å². The first-order valence-electron chi connectivity index (χ1n) is 12.2. The summed E-state index contributed by atoms with van der Waals surface area (Å²) in [5, 5.41) is 23.9. The summed E-state index contributed by atoms with van der Waals surface area (Å²) in [7, 11) is 0. The Hall–Kier alpha value is -1.30. The second-order valence-electron chi connectivity index (χ2n) is 8.92. The molecule has 184 valence electrons. The smallest absolute Gasteiger partial charge is 0.0596 e. The van der Waals surface area contributed by atoms with Crippen LogP contribution in [0.25, 0.3) is 0 Å². The van der Waals surface area contributed by atoms with Crippen molar-refractivity contribution in [3.05, 3.63) is 0 Å². The highest BCUT2D eigenvalue weighted by Crippen LogP contribution is 2.08. The minimum Gasteiger partial charge on any atom is -0.411 e. The van der Waals surface area contributed by atoms with E-state index in [-0.39, 0.29) is 0 Å². The van der Waals surface area contributed by atoms with Crippen LogP contribution in [0.5, 0.6) is 0 Å². The Morgan fingerprint density at radius 1 is 0.500 bits per heavy atom. The Balaban J connectivity index is 0.000000181. The van der Waals surface area contributed by atoms with E-state index in [1.54, 1.807) is 0 Å². The topological polar surface area (TPSA) is 96.6 Å². The average molecular weight is 455 g/mol. The number of hydrogen-bond donors (Lipinski definition) is 2. The van der Waals surface area contributed by atoms with Crippen LogP contribution in [0.1, 0.15) is 25.7 Å². The molecule has 4 aliphatic heterocycles. The van der Waals surface area contributed by atoms with Crippen LogP contribution in [0, 0.1) is 0 Å². The second kappa shape index (κ2) is 14.8. The monoisotopic (exact) mass is 454 g/mol. The molecule has 10 heteroatoms. The van der Waals surface area contributed by atoms with E-state index in [1.807, 2.05) is 0 Å². The van der Waals surface area contributed by atoms with Gasteiger partial charge in [0.1, 0.15) is 0 Å². The van der Waals surface area contributed by atoms with E-state index in [2.05, 4.69) is 29.9 Å². The van der Waals surface area contributed by atoms with Crippen molar-refractivity contribution in [3.8, 4) is 0 Å². The molecule has 4 heterocycles. The molecule has 0 amide bonds. The van der Waals surface area contributed by atoms with Crippen molar-refractivity contribution < 1.29 is 19.9 Å². The first-order chi connectivity index (χ1) is 15.8. The maximum atomic E-state index is 8.66. The highest BCUT2D eigenvalue weighted by Gasteiger charge is 2.18. The van der Waals surface area contributed by atoms with Crippen LogP contribution in [-0.2, 0) is 9.47 Å². The lowest BCUT2D eigenvalue weighted by Gasteiger charge is -2.31. The number of oxime groups is 2. The number of nitrogens with zero attached hydrogens (tertiary/aromatic N) is 6. The lowest BCUT2D eigenvalue weighted by molar-refractivity contribution is 0.0332. The van der Waals surface area contributed by atoms with Crippen molar-refractivity contribution in [1.29, 1.82) is 0 Å². The zero-order chi connectivity index (χ0) is 22.4. The predicted molar refractivity (Wildman–Crippen MR) is 124 cm³/mol. The number of morpholine rings is 2. The van der Waals surface area contributed by atoms with Gasteiger partial charge in [0.25, 0.3) is 0 Å². The summed E-state index contributed by atoms with van der Waals surface area (Å²) < 4.78 is 10.6. The highest BCUT2D eigenvalue weighted by molar-refractivity contribution is 5.85. The third-order valence-electron chi connectivity index (χ3n) is 6.82. The van der Waals surface area contributed by atoms with Crippen molar-refractivity contribution in [2.24, 2.45) is 10.3 Å². The van der Waals surface area contributed by atoms with E-state index >= 15 is 0 Å². The van der Waals surface area contributed by atoms with Crippen molar-refractivity contribution in [3.63, 3.8) is 0 Å². The minimum atomic E-state index is 0.876. The average Bonchev–Trinajstić information content (AvgIpc) is 2.88. The van der Waals surface area contributed by atoms with E-state index < -0.39 is 0 Å². The molecule has 10 nitrogen and oxygen atoms in total. The lowest BCUT2D eigenvalue weighted by Crippen LogP contribution is -2.43. The molecule has 0 aliphatic carbocycles. The van der Waals surface area contributed by atoms with Crippen LogP contribution in [0.3, 0.4) is 0 Å². The summed E-state index contributed by atoms with van der Waals surface area (Å²) >= 11 is 0. The second-order valence-corrected chi connectivity index (χ2v) is 8.92. The molecule has 0 radical (unpaired) electrons. The first-order valence-corrected chi connectivity index (χ1v) is 12.2. The number of likely N-dealkylation sites (tertiary alicyclic amines) is 2. The van der Waals surface area contributed by atoms with E-state index in [0.29, 0.717) is 0 Å². The molecular weight excluding hydrogens is 412 g/mol. The normalized spacial score (nSPS) is 24.6. The summed E-state index contributed by atoms with van der Waals surface area (Å²) in [5.74, 6) is 0. The van der Waals surface area contributed by atoms with Gasteiger partial charge in [0, 0.05) is 104 Å². The summed E-state index contributed by atoms with van der Waals surface area (Å²) in [6.07, 6.45) is 3.67. The molecule has 0 aromatic carbocycles. The molecule has 0 unspecified atom stereocenters. The fourth-order valence-electron chi connectivity index (χ4n) is 4.48. The third kappa shape index (κ3) is 9.29. The SMILES string of the molecule is ON=C1CCN(CCN2CCOCC2)CC1.ON=C1CCN(CCN2CCOCC2)CC1.